The topological polar surface area (TPSA) is 60.9 Å². The van der Waals surface area contributed by atoms with Gasteiger partial charge in [0.1, 0.15) is 5.82 Å². The van der Waals surface area contributed by atoms with Crippen molar-refractivity contribution in [1.29, 1.82) is 0 Å². The number of carbonyl (C=O) groups is 2. The number of piperidine rings is 1. The summed E-state index contributed by atoms with van der Waals surface area (Å²) in [5.74, 6) is -2.13. The SMILES string of the molecule is CN(Cc1cccc(N2CCC(C(=O)O)CC2)c1)C(=O)c1c(F)cccc1Cl. The highest BCUT2D eigenvalue weighted by Gasteiger charge is 2.25. The monoisotopic (exact) mass is 404 g/mol. The largest absolute Gasteiger partial charge is 0.481 e. The molecule has 1 aliphatic heterocycles. The Morgan fingerprint density at radius 2 is 1.89 bits per heavy atom. The summed E-state index contributed by atoms with van der Waals surface area (Å²) < 4.78 is 14.0. The standard InChI is InChI=1S/C21H22ClFN2O3/c1-24(20(26)19-17(22)6-3-7-18(19)23)13-14-4-2-5-16(12-14)25-10-8-15(9-11-25)21(27)28/h2-7,12,15H,8-11,13H2,1H3,(H,27,28). The van der Waals surface area contributed by atoms with E-state index in [4.69, 9.17) is 16.7 Å². The van der Waals surface area contributed by atoms with Crippen molar-refractivity contribution < 1.29 is 19.1 Å². The molecule has 1 heterocycles. The quantitative estimate of drug-likeness (QED) is 0.816. The summed E-state index contributed by atoms with van der Waals surface area (Å²) in [7, 11) is 1.61. The van der Waals surface area contributed by atoms with E-state index in [1.54, 1.807) is 7.05 Å². The van der Waals surface area contributed by atoms with Crippen LogP contribution >= 0.6 is 11.6 Å². The number of carboxylic acid groups (broad SMARTS) is 1. The number of rotatable bonds is 5. The van der Waals surface area contributed by atoms with Crippen LogP contribution in [-0.4, -0.2) is 42.0 Å². The zero-order valence-corrected chi connectivity index (χ0v) is 16.3. The highest BCUT2D eigenvalue weighted by molar-refractivity contribution is 6.33. The highest BCUT2D eigenvalue weighted by Crippen LogP contribution is 2.25. The normalized spacial score (nSPS) is 14.8. The van der Waals surface area contributed by atoms with Crippen molar-refractivity contribution in [2.24, 2.45) is 5.92 Å². The number of halogens is 2. The predicted octanol–water partition coefficient (Wildman–Crippen LogP) is 4.05. The number of benzene rings is 2. The summed E-state index contributed by atoms with van der Waals surface area (Å²) >= 11 is 6.00. The molecule has 7 heteroatoms. The van der Waals surface area contributed by atoms with Gasteiger partial charge < -0.3 is 14.9 Å². The molecule has 0 saturated carbocycles. The van der Waals surface area contributed by atoms with Gasteiger partial charge in [-0.15, -0.1) is 0 Å². The fourth-order valence-electron chi connectivity index (χ4n) is 3.47. The van der Waals surface area contributed by atoms with Gasteiger partial charge in [-0.05, 0) is 42.7 Å². The highest BCUT2D eigenvalue weighted by atomic mass is 35.5. The van der Waals surface area contributed by atoms with E-state index >= 15 is 0 Å². The van der Waals surface area contributed by atoms with Crippen molar-refractivity contribution in [1.82, 2.24) is 4.90 Å². The molecule has 1 amide bonds. The third-order valence-corrected chi connectivity index (χ3v) is 5.38. The Morgan fingerprint density at radius 1 is 1.21 bits per heavy atom. The molecule has 0 atom stereocenters. The molecule has 148 valence electrons. The molecule has 1 fully saturated rings. The van der Waals surface area contributed by atoms with E-state index in [-0.39, 0.29) is 16.5 Å². The maximum absolute atomic E-state index is 14.0. The summed E-state index contributed by atoms with van der Waals surface area (Å²) in [4.78, 5) is 27.3. The van der Waals surface area contributed by atoms with Crippen molar-refractivity contribution in [2.45, 2.75) is 19.4 Å². The van der Waals surface area contributed by atoms with Crippen molar-refractivity contribution in [3.63, 3.8) is 0 Å². The first kappa shape index (κ1) is 20.1. The number of aliphatic carboxylic acids is 1. The molecule has 0 unspecified atom stereocenters. The molecular formula is C21H22ClFN2O3. The number of amides is 1. The number of hydrogen-bond donors (Lipinski definition) is 1. The molecule has 0 aliphatic carbocycles. The fraction of sp³-hybridized carbons (Fsp3) is 0.333. The maximum atomic E-state index is 14.0. The average Bonchev–Trinajstić information content (AvgIpc) is 2.68. The molecule has 0 spiro atoms. The molecular weight excluding hydrogens is 383 g/mol. The number of hydrogen-bond acceptors (Lipinski definition) is 3. The Labute approximate surface area is 168 Å². The van der Waals surface area contributed by atoms with E-state index in [2.05, 4.69) is 4.90 Å². The smallest absolute Gasteiger partial charge is 0.306 e. The third kappa shape index (κ3) is 4.44. The van der Waals surface area contributed by atoms with Crippen LogP contribution in [0.4, 0.5) is 10.1 Å². The van der Waals surface area contributed by atoms with Crippen LogP contribution in [0.2, 0.25) is 5.02 Å². The van der Waals surface area contributed by atoms with Gasteiger partial charge in [-0.3, -0.25) is 9.59 Å². The lowest BCUT2D eigenvalue weighted by Gasteiger charge is -2.32. The van der Waals surface area contributed by atoms with Crippen LogP contribution in [0.25, 0.3) is 0 Å². The van der Waals surface area contributed by atoms with E-state index in [0.717, 1.165) is 11.3 Å². The second-order valence-corrected chi connectivity index (χ2v) is 7.43. The predicted molar refractivity (Wildman–Crippen MR) is 106 cm³/mol. The van der Waals surface area contributed by atoms with Gasteiger partial charge >= 0.3 is 5.97 Å². The van der Waals surface area contributed by atoms with Crippen LogP contribution < -0.4 is 4.90 Å². The minimum atomic E-state index is -0.736. The van der Waals surface area contributed by atoms with Crippen molar-refractivity contribution >= 4 is 29.2 Å². The van der Waals surface area contributed by atoms with Gasteiger partial charge in [0.2, 0.25) is 0 Å². The van der Waals surface area contributed by atoms with Crippen molar-refractivity contribution in [3.05, 3.63) is 64.4 Å². The molecule has 1 saturated heterocycles. The zero-order chi connectivity index (χ0) is 20.3. The Balaban J connectivity index is 1.69. The minimum Gasteiger partial charge on any atom is -0.481 e. The lowest BCUT2D eigenvalue weighted by Crippen LogP contribution is -2.36. The summed E-state index contributed by atoms with van der Waals surface area (Å²) in [6, 6.07) is 11.9. The third-order valence-electron chi connectivity index (χ3n) is 5.06. The summed E-state index contributed by atoms with van der Waals surface area (Å²) in [5, 5.41) is 9.22. The number of carbonyl (C=O) groups excluding carboxylic acids is 1. The van der Waals surface area contributed by atoms with E-state index in [0.29, 0.717) is 32.5 Å². The van der Waals surface area contributed by atoms with Gasteiger partial charge in [-0.2, -0.15) is 0 Å². The zero-order valence-electron chi connectivity index (χ0n) is 15.6. The van der Waals surface area contributed by atoms with Crippen LogP contribution in [0, 0.1) is 11.7 Å². The Bertz CT molecular complexity index is 861. The molecule has 1 N–H and O–H groups in total. The van der Waals surface area contributed by atoms with Crippen molar-refractivity contribution in [2.75, 3.05) is 25.0 Å². The van der Waals surface area contributed by atoms with Crippen LogP contribution in [-0.2, 0) is 11.3 Å². The van der Waals surface area contributed by atoms with E-state index in [9.17, 15) is 14.0 Å². The first-order valence-electron chi connectivity index (χ1n) is 9.13. The van der Waals surface area contributed by atoms with Crippen LogP contribution in [0.15, 0.2) is 42.5 Å². The summed E-state index contributed by atoms with van der Waals surface area (Å²) in [6.45, 7) is 1.67. The molecule has 2 aromatic rings. The minimum absolute atomic E-state index is 0.0897. The first-order valence-corrected chi connectivity index (χ1v) is 9.51. The molecule has 0 radical (unpaired) electrons. The number of nitrogens with zero attached hydrogens (tertiary/aromatic N) is 2. The Hall–Kier alpha value is -2.60. The summed E-state index contributed by atoms with van der Waals surface area (Å²) in [6.07, 6.45) is 1.23. The van der Waals surface area contributed by atoms with Crippen LogP contribution in [0.1, 0.15) is 28.8 Å². The van der Waals surface area contributed by atoms with E-state index in [1.165, 1.54) is 23.1 Å². The fourth-order valence-corrected chi connectivity index (χ4v) is 3.72. The number of carboxylic acids is 1. The lowest BCUT2D eigenvalue weighted by atomic mass is 9.96. The van der Waals surface area contributed by atoms with E-state index in [1.807, 2.05) is 24.3 Å². The van der Waals surface area contributed by atoms with E-state index < -0.39 is 17.7 Å². The molecule has 1 aliphatic rings. The molecule has 0 aromatic heterocycles. The van der Waals surface area contributed by atoms with Crippen LogP contribution in [0.3, 0.4) is 0 Å². The maximum Gasteiger partial charge on any atom is 0.306 e. The van der Waals surface area contributed by atoms with Crippen molar-refractivity contribution in [3.8, 4) is 0 Å². The van der Waals surface area contributed by atoms with Gasteiger partial charge in [0.05, 0.1) is 16.5 Å². The first-order chi connectivity index (χ1) is 13.4. The Kier molecular flexibility index (Phi) is 6.19. The van der Waals surface area contributed by atoms with Gasteiger partial charge in [-0.1, -0.05) is 29.8 Å². The van der Waals surface area contributed by atoms with Gasteiger partial charge in [0.25, 0.3) is 5.91 Å². The number of anilines is 1. The molecule has 3 rings (SSSR count). The second kappa shape index (κ2) is 8.61. The van der Waals surface area contributed by atoms with Crippen LogP contribution in [0.5, 0.6) is 0 Å². The lowest BCUT2D eigenvalue weighted by molar-refractivity contribution is -0.142. The average molecular weight is 405 g/mol. The summed E-state index contributed by atoms with van der Waals surface area (Å²) in [5.41, 5.74) is 1.77. The second-order valence-electron chi connectivity index (χ2n) is 7.03. The van der Waals surface area contributed by atoms with Gasteiger partial charge in [-0.25, -0.2) is 4.39 Å². The molecule has 5 nitrogen and oxygen atoms in total. The molecule has 2 aromatic carbocycles. The molecule has 28 heavy (non-hydrogen) atoms. The molecule has 0 bridgehead atoms. The Morgan fingerprint density at radius 3 is 2.54 bits per heavy atom. The van der Waals surface area contributed by atoms with Gasteiger partial charge in [0, 0.05) is 32.4 Å². The van der Waals surface area contributed by atoms with Gasteiger partial charge in [0.15, 0.2) is 0 Å².